The zero-order chi connectivity index (χ0) is 31.2. The van der Waals surface area contributed by atoms with E-state index in [-0.39, 0.29) is 17.0 Å². The zero-order valence-corrected chi connectivity index (χ0v) is 27.9. The molecule has 2 heterocycles. The fraction of sp³-hybridized carbons (Fsp3) is 0.382. The topological polar surface area (TPSA) is 78.0 Å². The molecule has 1 aliphatic carbocycles. The fourth-order valence-corrected chi connectivity index (χ4v) is 7.34. The van der Waals surface area contributed by atoms with Crippen molar-refractivity contribution in [3.8, 4) is 34.0 Å². The smallest absolute Gasteiger partial charge is 0.227 e. The van der Waals surface area contributed by atoms with Crippen LogP contribution < -0.4 is 5.32 Å². The molecule has 230 valence electrons. The molecule has 0 saturated heterocycles. The summed E-state index contributed by atoms with van der Waals surface area (Å²) in [5.41, 5.74) is 5.46. The second-order valence-electron chi connectivity index (χ2n) is 13.3. The van der Waals surface area contributed by atoms with Crippen LogP contribution in [0.25, 0.3) is 45.1 Å². The van der Waals surface area contributed by atoms with Crippen molar-refractivity contribution in [1.82, 2.24) is 25.1 Å². The third-order valence-electron chi connectivity index (χ3n) is 9.13. The van der Waals surface area contributed by atoms with E-state index in [1.807, 2.05) is 43.4 Å². The Morgan fingerprint density at radius 1 is 1.07 bits per heavy atom. The monoisotopic (exact) mass is 631 g/mol. The highest BCUT2D eigenvalue weighted by atomic mass is 35.5. The summed E-state index contributed by atoms with van der Waals surface area (Å²) >= 11 is 6.73. The molecule has 2 aromatic heterocycles. The molecular formula is C34H39ClFN5O2Si. The van der Waals surface area contributed by atoms with Crippen molar-refractivity contribution in [2.75, 3.05) is 0 Å². The number of nitrogens with one attached hydrogen (secondary N) is 1. The van der Waals surface area contributed by atoms with Gasteiger partial charge < -0.3 is 18.7 Å². The minimum absolute atomic E-state index is 0.181. The number of rotatable bonds is 8. The van der Waals surface area contributed by atoms with E-state index in [1.165, 1.54) is 18.6 Å². The van der Waals surface area contributed by atoms with Gasteiger partial charge in [-0.05, 0) is 90.5 Å². The summed E-state index contributed by atoms with van der Waals surface area (Å²) < 4.78 is 29.0. The van der Waals surface area contributed by atoms with Gasteiger partial charge in [-0.25, -0.2) is 9.37 Å². The van der Waals surface area contributed by atoms with Crippen LogP contribution in [0.5, 0.6) is 0 Å². The molecule has 44 heavy (non-hydrogen) atoms. The van der Waals surface area contributed by atoms with Crippen LogP contribution in [0.2, 0.25) is 23.2 Å². The van der Waals surface area contributed by atoms with E-state index in [0.717, 1.165) is 35.1 Å². The molecule has 0 unspecified atom stereocenters. The van der Waals surface area contributed by atoms with Gasteiger partial charge in [0.25, 0.3) is 0 Å². The first-order chi connectivity index (χ1) is 20.9. The molecule has 0 spiro atoms. The van der Waals surface area contributed by atoms with Gasteiger partial charge in [0.05, 0.1) is 11.1 Å². The molecule has 0 bridgehead atoms. The van der Waals surface area contributed by atoms with Crippen LogP contribution in [0.15, 0.2) is 65.3 Å². The molecule has 1 N–H and O–H groups in total. The lowest BCUT2D eigenvalue weighted by Gasteiger charge is -2.40. The van der Waals surface area contributed by atoms with E-state index in [9.17, 15) is 4.39 Å². The molecule has 0 radical (unpaired) electrons. The van der Waals surface area contributed by atoms with Crippen LogP contribution in [0, 0.1) is 5.82 Å². The summed E-state index contributed by atoms with van der Waals surface area (Å²) in [6.07, 6.45) is 5.19. The maximum Gasteiger partial charge on any atom is 0.227 e. The van der Waals surface area contributed by atoms with Crippen LogP contribution >= 0.6 is 11.6 Å². The maximum absolute atomic E-state index is 14.3. The molecule has 1 fully saturated rings. The Kier molecular flexibility index (Phi) is 8.26. The zero-order valence-electron chi connectivity index (χ0n) is 26.1. The molecule has 7 nitrogen and oxygen atoms in total. The van der Waals surface area contributed by atoms with Gasteiger partial charge in [0.15, 0.2) is 19.7 Å². The van der Waals surface area contributed by atoms with Gasteiger partial charge in [-0.1, -0.05) is 50.6 Å². The lowest BCUT2D eigenvalue weighted by atomic mass is 9.97. The van der Waals surface area contributed by atoms with Crippen molar-refractivity contribution in [1.29, 1.82) is 0 Å². The van der Waals surface area contributed by atoms with Crippen molar-refractivity contribution in [3.63, 3.8) is 0 Å². The minimum atomic E-state index is -1.85. The molecule has 1 saturated carbocycles. The molecule has 2 atom stereocenters. The van der Waals surface area contributed by atoms with E-state index in [2.05, 4.69) is 49.4 Å². The molecule has 3 aromatic carbocycles. The molecule has 0 aliphatic heterocycles. The summed E-state index contributed by atoms with van der Waals surface area (Å²) in [7, 11) is -0.0153. The Morgan fingerprint density at radius 3 is 2.61 bits per heavy atom. The van der Waals surface area contributed by atoms with Gasteiger partial charge in [0, 0.05) is 30.8 Å². The second kappa shape index (κ2) is 11.9. The van der Waals surface area contributed by atoms with Crippen molar-refractivity contribution in [2.24, 2.45) is 7.05 Å². The number of aromatic nitrogens is 4. The SMILES string of the molecule is Cn1cnnc1-c1cc(F)ccc1-c1cccc(-c2nc3cc(CN[C@@H]4CCC[C@@H]4O[Si](C)(C)C(C)(C)C)cc(Cl)c3o2)c1. The predicted octanol–water partition coefficient (Wildman–Crippen LogP) is 8.78. The standard InChI is InChI=1S/C34H39ClFN5O2Si/c1-34(2,3)44(5,6)43-30-12-8-11-28(30)37-19-21-15-27(35)31-29(16-21)39-33(42-31)23-10-7-9-22(17-23)25-14-13-24(36)18-26(25)32-40-38-20-41(32)4/h7,9-10,13-18,20,28,30,37H,8,11-12,19H2,1-6H3/t28-,30+/m1/s1. The Hall–Kier alpha value is -3.37. The van der Waals surface area contributed by atoms with E-state index < -0.39 is 8.32 Å². The Bertz CT molecular complexity index is 1810. The summed E-state index contributed by atoms with van der Waals surface area (Å²) in [5.74, 6) is 0.707. The highest BCUT2D eigenvalue weighted by Crippen LogP contribution is 2.40. The summed E-state index contributed by atoms with van der Waals surface area (Å²) in [4.78, 5) is 4.83. The average Bonchev–Trinajstić information content (AvgIpc) is 3.71. The van der Waals surface area contributed by atoms with Gasteiger partial charge in [-0.3, -0.25) is 0 Å². The first-order valence-electron chi connectivity index (χ1n) is 15.1. The van der Waals surface area contributed by atoms with Crippen LogP contribution in [0.3, 0.4) is 0 Å². The van der Waals surface area contributed by atoms with Crippen molar-refractivity contribution in [2.45, 2.75) is 76.9 Å². The lowest BCUT2D eigenvalue weighted by molar-refractivity contribution is 0.155. The average molecular weight is 632 g/mol. The lowest BCUT2D eigenvalue weighted by Crippen LogP contribution is -2.48. The van der Waals surface area contributed by atoms with Crippen molar-refractivity contribution < 1.29 is 13.2 Å². The van der Waals surface area contributed by atoms with Gasteiger partial charge in [-0.15, -0.1) is 10.2 Å². The molecule has 1 aliphatic rings. The Labute approximate surface area is 264 Å². The maximum atomic E-state index is 14.3. The number of hydrogen-bond acceptors (Lipinski definition) is 6. The minimum Gasteiger partial charge on any atom is -0.435 e. The van der Waals surface area contributed by atoms with E-state index >= 15 is 0 Å². The largest absolute Gasteiger partial charge is 0.435 e. The number of halogens is 2. The van der Waals surface area contributed by atoms with Crippen LogP contribution in [-0.4, -0.2) is 40.2 Å². The number of nitrogens with zero attached hydrogens (tertiary/aromatic N) is 4. The molecular weight excluding hydrogens is 593 g/mol. The fourth-order valence-electron chi connectivity index (χ4n) is 5.68. The van der Waals surface area contributed by atoms with Gasteiger partial charge in [0.2, 0.25) is 5.89 Å². The van der Waals surface area contributed by atoms with E-state index in [0.29, 0.717) is 46.0 Å². The quantitative estimate of drug-likeness (QED) is 0.172. The summed E-state index contributed by atoms with van der Waals surface area (Å²) in [6.45, 7) is 12.2. The highest BCUT2D eigenvalue weighted by molar-refractivity contribution is 6.74. The number of hydrogen-bond donors (Lipinski definition) is 1. The third kappa shape index (κ3) is 6.11. The summed E-state index contributed by atoms with van der Waals surface area (Å²) in [6, 6.07) is 16.8. The van der Waals surface area contributed by atoms with Gasteiger partial charge >= 0.3 is 0 Å². The van der Waals surface area contributed by atoms with E-state index in [1.54, 1.807) is 17.0 Å². The Morgan fingerprint density at radius 2 is 1.86 bits per heavy atom. The van der Waals surface area contributed by atoms with Crippen LogP contribution in [0.1, 0.15) is 45.6 Å². The van der Waals surface area contributed by atoms with Crippen molar-refractivity contribution in [3.05, 3.63) is 77.3 Å². The first kappa shape index (κ1) is 30.6. The first-order valence-corrected chi connectivity index (χ1v) is 18.4. The van der Waals surface area contributed by atoms with Crippen LogP contribution in [-0.2, 0) is 18.0 Å². The molecule has 10 heteroatoms. The number of benzene rings is 3. The number of fused-ring (bicyclic) bond motifs is 1. The summed E-state index contributed by atoms with van der Waals surface area (Å²) in [5, 5.41) is 12.6. The molecule has 6 rings (SSSR count). The van der Waals surface area contributed by atoms with Gasteiger partial charge in [0.1, 0.15) is 17.7 Å². The second-order valence-corrected chi connectivity index (χ2v) is 18.5. The third-order valence-corrected chi connectivity index (χ3v) is 13.9. The van der Waals surface area contributed by atoms with Crippen molar-refractivity contribution >= 4 is 31.0 Å². The normalized spacial score (nSPS) is 17.5. The Balaban J connectivity index is 1.24. The molecule has 0 amide bonds. The number of aryl methyl sites for hydroxylation is 1. The van der Waals surface area contributed by atoms with Gasteiger partial charge in [-0.2, -0.15) is 0 Å². The van der Waals surface area contributed by atoms with Crippen LogP contribution in [0.4, 0.5) is 4.39 Å². The van der Waals surface area contributed by atoms with E-state index in [4.69, 9.17) is 25.4 Å². The highest BCUT2D eigenvalue weighted by Gasteiger charge is 2.41. The predicted molar refractivity (Wildman–Crippen MR) is 176 cm³/mol. The molecule has 5 aromatic rings. The number of oxazole rings is 1.